The van der Waals surface area contributed by atoms with Gasteiger partial charge in [-0.2, -0.15) is 0 Å². The molecule has 2 aromatic carbocycles. The zero-order valence-corrected chi connectivity index (χ0v) is 15.6. The first-order chi connectivity index (χ1) is 12.4. The summed E-state index contributed by atoms with van der Waals surface area (Å²) in [5.74, 6) is -0.722. The minimum atomic E-state index is -2.05. The zero-order chi connectivity index (χ0) is 18.6. The molecule has 138 valence electrons. The van der Waals surface area contributed by atoms with Crippen molar-refractivity contribution in [1.82, 2.24) is 0 Å². The van der Waals surface area contributed by atoms with Crippen LogP contribution in [0.25, 0.3) is 0 Å². The number of esters is 1. The Bertz CT molecular complexity index is 688. The van der Waals surface area contributed by atoms with E-state index in [1.54, 1.807) is 48.5 Å². The molecule has 0 radical (unpaired) electrons. The van der Waals surface area contributed by atoms with E-state index in [0.717, 1.165) is 23.9 Å². The average molecular weight is 353 g/mol. The lowest BCUT2D eigenvalue weighted by Crippen LogP contribution is -2.56. The summed E-state index contributed by atoms with van der Waals surface area (Å²) in [4.78, 5) is 13.0. The molecule has 1 aliphatic rings. The van der Waals surface area contributed by atoms with E-state index in [0.29, 0.717) is 11.1 Å². The van der Waals surface area contributed by atoms with Crippen LogP contribution < -0.4 is 5.11 Å². The molecule has 4 nitrogen and oxygen atoms in total. The molecule has 3 rings (SSSR count). The van der Waals surface area contributed by atoms with Gasteiger partial charge in [0.2, 0.25) is 0 Å². The quantitative estimate of drug-likeness (QED) is 0.613. The minimum Gasteiger partial charge on any atom is -0.834 e. The summed E-state index contributed by atoms with van der Waals surface area (Å²) in [5.41, 5.74) is -1.23. The molecule has 0 aliphatic carbocycles. The summed E-state index contributed by atoms with van der Waals surface area (Å²) in [6, 6.07) is 17.8. The predicted octanol–water partition coefficient (Wildman–Crippen LogP) is 2.46. The number of likely N-dealkylation sites (N-methyl/N-ethyl adjacent to an activating group) is 1. The van der Waals surface area contributed by atoms with Crippen LogP contribution in [0.4, 0.5) is 0 Å². The summed E-state index contributed by atoms with van der Waals surface area (Å²) < 4.78 is 6.45. The summed E-state index contributed by atoms with van der Waals surface area (Å²) >= 11 is 0. The Hall–Kier alpha value is -2.17. The highest BCUT2D eigenvalue weighted by atomic mass is 16.6. The fourth-order valence-electron chi connectivity index (χ4n) is 3.74. The van der Waals surface area contributed by atoms with Gasteiger partial charge in [0, 0.05) is 12.0 Å². The molecule has 0 bridgehead atoms. The molecule has 1 heterocycles. The fraction of sp³-hybridized carbons (Fsp3) is 0.409. The van der Waals surface area contributed by atoms with Gasteiger partial charge in [0.05, 0.1) is 20.6 Å². The largest absolute Gasteiger partial charge is 0.834 e. The predicted molar refractivity (Wildman–Crippen MR) is 99.2 cm³/mol. The third kappa shape index (κ3) is 3.67. The van der Waals surface area contributed by atoms with Crippen LogP contribution in [-0.4, -0.2) is 43.7 Å². The van der Waals surface area contributed by atoms with Crippen molar-refractivity contribution in [2.45, 2.75) is 30.9 Å². The topological polar surface area (TPSA) is 49.4 Å². The van der Waals surface area contributed by atoms with E-state index in [1.807, 2.05) is 12.1 Å². The van der Waals surface area contributed by atoms with E-state index in [4.69, 9.17) is 4.74 Å². The number of hydrogen-bond acceptors (Lipinski definition) is 3. The normalized spacial score (nSPS) is 19.7. The molecule has 0 N–H and O–H groups in total. The Balaban J connectivity index is 1.84. The Morgan fingerprint density at radius 2 is 1.58 bits per heavy atom. The van der Waals surface area contributed by atoms with Crippen molar-refractivity contribution in [1.29, 1.82) is 0 Å². The van der Waals surface area contributed by atoms with Gasteiger partial charge in [-0.05, 0) is 24.0 Å². The van der Waals surface area contributed by atoms with E-state index in [9.17, 15) is 9.90 Å². The maximum atomic E-state index is 13.8. The molecule has 1 unspecified atom stereocenters. The Morgan fingerprint density at radius 3 is 2.08 bits per heavy atom. The highest BCUT2D eigenvalue weighted by molar-refractivity contribution is 5.85. The highest BCUT2D eigenvalue weighted by Gasteiger charge is 2.36. The van der Waals surface area contributed by atoms with Crippen LogP contribution in [0.2, 0.25) is 0 Å². The molecular weight excluding hydrogens is 326 g/mol. The number of hydrogen-bond donors (Lipinski definition) is 0. The number of ether oxygens (including phenoxy) is 1. The van der Waals surface area contributed by atoms with Crippen molar-refractivity contribution in [3.63, 3.8) is 0 Å². The summed E-state index contributed by atoms with van der Waals surface area (Å²) in [6.07, 6.45) is 3.35. The molecule has 0 spiro atoms. The first-order valence-electron chi connectivity index (χ1n) is 9.26. The van der Waals surface area contributed by atoms with Crippen LogP contribution in [0.15, 0.2) is 60.7 Å². The van der Waals surface area contributed by atoms with Gasteiger partial charge >= 0.3 is 5.97 Å². The summed E-state index contributed by atoms with van der Waals surface area (Å²) in [5, 5.41) is 13.8. The maximum absolute atomic E-state index is 13.8. The SMILES string of the molecule is C[N+]1(C)CCCCC1COC(=O)C([O-])(c1ccccc1)c1ccccc1. The standard InChI is InChI=1S/C22H27NO3/c1-23(2)16-10-9-15-20(23)17-26-21(24)22(25,18-11-5-3-6-12-18)19-13-7-4-8-14-19/h3-8,11-14,20H,9-10,15-17H2,1-2H3. The molecule has 1 aliphatic heterocycles. The number of carbonyl (C=O) groups is 1. The molecule has 0 amide bonds. The lowest BCUT2D eigenvalue weighted by molar-refractivity contribution is -0.920. The lowest BCUT2D eigenvalue weighted by Gasteiger charge is -2.43. The second-order valence-electron chi connectivity index (χ2n) is 7.66. The number of nitrogens with zero attached hydrogens (tertiary/aromatic N) is 1. The second-order valence-corrected chi connectivity index (χ2v) is 7.66. The van der Waals surface area contributed by atoms with Crippen LogP contribution >= 0.6 is 0 Å². The first-order valence-corrected chi connectivity index (χ1v) is 9.26. The number of rotatable bonds is 5. The van der Waals surface area contributed by atoms with Crippen molar-refractivity contribution in [3.8, 4) is 0 Å². The average Bonchev–Trinajstić information content (AvgIpc) is 2.67. The van der Waals surface area contributed by atoms with Gasteiger partial charge in [-0.15, -0.1) is 0 Å². The Morgan fingerprint density at radius 1 is 1.04 bits per heavy atom. The van der Waals surface area contributed by atoms with Crippen LogP contribution in [0, 0.1) is 0 Å². The Labute approximate surface area is 155 Å². The number of benzene rings is 2. The van der Waals surface area contributed by atoms with Crippen LogP contribution in [0.5, 0.6) is 0 Å². The lowest BCUT2D eigenvalue weighted by atomic mass is 9.86. The zero-order valence-electron chi connectivity index (χ0n) is 15.6. The van der Waals surface area contributed by atoms with Gasteiger partial charge in [-0.1, -0.05) is 60.7 Å². The Kier molecular flexibility index (Phi) is 5.44. The number of carbonyl (C=O) groups excluding carboxylic acids is 1. The third-order valence-electron chi connectivity index (χ3n) is 5.57. The highest BCUT2D eigenvalue weighted by Crippen LogP contribution is 2.29. The van der Waals surface area contributed by atoms with E-state index < -0.39 is 11.6 Å². The number of piperidine rings is 1. The van der Waals surface area contributed by atoms with Crippen LogP contribution in [0.1, 0.15) is 30.4 Å². The van der Waals surface area contributed by atoms with Crippen molar-refractivity contribution < 1.29 is 19.1 Å². The van der Waals surface area contributed by atoms with E-state index in [2.05, 4.69) is 14.1 Å². The smallest absolute Gasteiger partial charge is 0.304 e. The molecule has 26 heavy (non-hydrogen) atoms. The van der Waals surface area contributed by atoms with Gasteiger partial charge in [-0.3, -0.25) is 4.79 Å². The van der Waals surface area contributed by atoms with Crippen LogP contribution in [-0.2, 0) is 15.1 Å². The van der Waals surface area contributed by atoms with Gasteiger partial charge in [0.15, 0.2) is 0 Å². The maximum Gasteiger partial charge on any atom is 0.304 e. The third-order valence-corrected chi connectivity index (χ3v) is 5.57. The van der Waals surface area contributed by atoms with Crippen molar-refractivity contribution in [2.75, 3.05) is 27.2 Å². The number of likely N-dealkylation sites (tertiary alicyclic amines) is 1. The molecule has 4 heteroatoms. The van der Waals surface area contributed by atoms with Gasteiger partial charge < -0.3 is 14.3 Å². The molecule has 1 saturated heterocycles. The van der Waals surface area contributed by atoms with Gasteiger partial charge in [-0.25, -0.2) is 0 Å². The molecule has 0 saturated carbocycles. The van der Waals surface area contributed by atoms with Crippen molar-refractivity contribution >= 4 is 5.97 Å². The molecule has 0 aromatic heterocycles. The second kappa shape index (κ2) is 7.60. The van der Waals surface area contributed by atoms with Crippen molar-refractivity contribution in [2.24, 2.45) is 0 Å². The first kappa shape index (κ1) is 18.6. The van der Waals surface area contributed by atoms with Crippen LogP contribution in [0.3, 0.4) is 0 Å². The number of quaternary nitrogens is 1. The van der Waals surface area contributed by atoms with Gasteiger partial charge in [0.1, 0.15) is 12.6 Å². The van der Waals surface area contributed by atoms with Gasteiger partial charge in [0.25, 0.3) is 0 Å². The van der Waals surface area contributed by atoms with Crippen molar-refractivity contribution in [3.05, 3.63) is 71.8 Å². The minimum absolute atomic E-state index is 0.239. The summed E-state index contributed by atoms with van der Waals surface area (Å²) in [6.45, 7) is 1.36. The monoisotopic (exact) mass is 353 g/mol. The molecule has 2 aromatic rings. The summed E-state index contributed by atoms with van der Waals surface area (Å²) in [7, 11) is 4.33. The van der Waals surface area contributed by atoms with E-state index in [1.165, 1.54) is 6.42 Å². The van der Waals surface area contributed by atoms with E-state index in [-0.39, 0.29) is 12.6 Å². The molecular formula is C22H27NO3. The fourth-order valence-corrected chi connectivity index (χ4v) is 3.74. The van der Waals surface area contributed by atoms with E-state index >= 15 is 0 Å². The molecule has 1 atom stereocenters. The molecule has 1 fully saturated rings.